The van der Waals surface area contributed by atoms with Gasteiger partial charge >= 0.3 is 0 Å². The summed E-state index contributed by atoms with van der Waals surface area (Å²) >= 11 is 1.97. The molecule has 19 heavy (non-hydrogen) atoms. The molecule has 2 saturated heterocycles. The van der Waals surface area contributed by atoms with Gasteiger partial charge in [-0.15, -0.1) is 0 Å². The SMILES string of the molecule is CC(=O)Nc1cccc(C(=O)N2CC3CC2CS3)c1. The Labute approximate surface area is 116 Å². The maximum absolute atomic E-state index is 12.5. The van der Waals surface area contributed by atoms with Gasteiger partial charge in [0, 0.05) is 41.8 Å². The summed E-state index contributed by atoms with van der Waals surface area (Å²) in [4.78, 5) is 25.5. The number of nitrogens with one attached hydrogen (secondary N) is 1. The summed E-state index contributed by atoms with van der Waals surface area (Å²) in [6.45, 7) is 2.32. The van der Waals surface area contributed by atoms with E-state index in [2.05, 4.69) is 5.32 Å². The Bertz CT molecular complexity index is 532. The third-order valence-corrected chi connectivity index (χ3v) is 4.98. The van der Waals surface area contributed by atoms with Crippen LogP contribution in [0, 0.1) is 0 Å². The van der Waals surface area contributed by atoms with Gasteiger partial charge in [0.2, 0.25) is 5.91 Å². The van der Waals surface area contributed by atoms with Crippen LogP contribution in [-0.2, 0) is 4.79 Å². The van der Waals surface area contributed by atoms with Crippen LogP contribution in [0.2, 0.25) is 0 Å². The molecule has 0 saturated carbocycles. The van der Waals surface area contributed by atoms with Gasteiger partial charge in [-0.25, -0.2) is 0 Å². The second kappa shape index (κ2) is 4.89. The van der Waals surface area contributed by atoms with E-state index in [1.54, 1.807) is 12.1 Å². The summed E-state index contributed by atoms with van der Waals surface area (Å²) in [6.07, 6.45) is 1.13. The van der Waals surface area contributed by atoms with Crippen LogP contribution >= 0.6 is 11.8 Å². The Morgan fingerprint density at radius 3 is 2.89 bits per heavy atom. The van der Waals surface area contributed by atoms with E-state index in [1.807, 2.05) is 28.8 Å². The number of benzene rings is 1. The van der Waals surface area contributed by atoms with Crippen molar-refractivity contribution in [1.29, 1.82) is 0 Å². The number of hydrogen-bond acceptors (Lipinski definition) is 3. The minimum Gasteiger partial charge on any atom is -0.334 e. The topological polar surface area (TPSA) is 49.4 Å². The molecule has 2 aliphatic heterocycles. The molecule has 2 amide bonds. The van der Waals surface area contributed by atoms with E-state index < -0.39 is 0 Å². The normalized spacial score (nSPS) is 24.6. The summed E-state index contributed by atoms with van der Waals surface area (Å²) in [6, 6.07) is 7.56. The lowest BCUT2D eigenvalue weighted by molar-refractivity contribution is -0.114. The Morgan fingerprint density at radius 1 is 1.42 bits per heavy atom. The predicted molar refractivity (Wildman–Crippen MR) is 76.4 cm³/mol. The van der Waals surface area contributed by atoms with Crippen LogP contribution in [0.4, 0.5) is 5.69 Å². The van der Waals surface area contributed by atoms with Crippen molar-refractivity contribution >= 4 is 29.3 Å². The molecule has 0 aliphatic carbocycles. The molecule has 2 bridgehead atoms. The van der Waals surface area contributed by atoms with Crippen LogP contribution in [-0.4, -0.2) is 40.3 Å². The highest BCUT2D eigenvalue weighted by atomic mass is 32.2. The highest BCUT2D eigenvalue weighted by Crippen LogP contribution is 2.38. The molecule has 5 heteroatoms. The average molecular weight is 276 g/mol. The molecule has 0 spiro atoms. The van der Waals surface area contributed by atoms with Crippen molar-refractivity contribution in [2.24, 2.45) is 0 Å². The molecular formula is C14H16N2O2S. The van der Waals surface area contributed by atoms with Crippen LogP contribution in [0.25, 0.3) is 0 Å². The molecule has 1 aromatic carbocycles. The molecule has 3 rings (SSSR count). The minimum absolute atomic E-state index is 0.0833. The number of hydrogen-bond donors (Lipinski definition) is 1. The summed E-state index contributed by atoms with van der Waals surface area (Å²) in [5.74, 6) is 1.02. The number of carbonyl (C=O) groups excluding carboxylic acids is 2. The average Bonchev–Trinajstić information content (AvgIpc) is 2.99. The first-order valence-corrected chi connectivity index (χ1v) is 7.48. The van der Waals surface area contributed by atoms with E-state index in [0.29, 0.717) is 22.5 Å². The van der Waals surface area contributed by atoms with Crippen LogP contribution in [0.15, 0.2) is 24.3 Å². The molecule has 1 aromatic rings. The second-order valence-corrected chi connectivity index (χ2v) is 6.40. The van der Waals surface area contributed by atoms with Crippen molar-refractivity contribution in [2.75, 3.05) is 17.6 Å². The van der Waals surface area contributed by atoms with Gasteiger partial charge in [-0.1, -0.05) is 6.07 Å². The number of rotatable bonds is 2. The van der Waals surface area contributed by atoms with Crippen LogP contribution < -0.4 is 5.32 Å². The number of amides is 2. The third-order valence-electron chi connectivity index (χ3n) is 3.59. The zero-order chi connectivity index (χ0) is 13.4. The highest BCUT2D eigenvalue weighted by Gasteiger charge is 2.41. The van der Waals surface area contributed by atoms with E-state index in [4.69, 9.17) is 0 Å². The van der Waals surface area contributed by atoms with Gasteiger partial charge in [0.05, 0.1) is 0 Å². The summed E-state index contributed by atoms with van der Waals surface area (Å²) in [7, 11) is 0. The summed E-state index contributed by atoms with van der Waals surface area (Å²) < 4.78 is 0. The quantitative estimate of drug-likeness (QED) is 0.898. The fourth-order valence-electron chi connectivity index (χ4n) is 2.75. The van der Waals surface area contributed by atoms with Gasteiger partial charge in [0.15, 0.2) is 0 Å². The first-order valence-electron chi connectivity index (χ1n) is 6.44. The molecular weight excluding hydrogens is 260 g/mol. The van der Waals surface area contributed by atoms with Crippen molar-refractivity contribution in [3.05, 3.63) is 29.8 Å². The van der Waals surface area contributed by atoms with E-state index in [1.165, 1.54) is 6.92 Å². The lowest BCUT2D eigenvalue weighted by atomic mass is 10.1. The van der Waals surface area contributed by atoms with Crippen LogP contribution in [0.3, 0.4) is 0 Å². The van der Waals surface area contributed by atoms with E-state index >= 15 is 0 Å². The van der Waals surface area contributed by atoms with Gasteiger partial charge < -0.3 is 10.2 Å². The molecule has 4 nitrogen and oxygen atoms in total. The van der Waals surface area contributed by atoms with E-state index in [9.17, 15) is 9.59 Å². The highest BCUT2D eigenvalue weighted by molar-refractivity contribution is 8.00. The number of carbonyl (C=O) groups is 2. The Balaban J connectivity index is 1.78. The second-order valence-electron chi connectivity index (χ2n) is 5.06. The maximum Gasteiger partial charge on any atom is 0.254 e. The molecule has 1 N–H and O–H groups in total. The molecule has 2 heterocycles. The van der Waals surface area contributed by atoms with Crippen molar-refractivity contribution in [1.82, 2.24) is 4.90 Å². The van der Waals surface area contributed by atoms with Gasteiger partial charge in [0.25, 0.3) is 5.91 Å². The fourth-order valence-corrected chi connectivity index (χ4v) is 4.18. The van der Waals surface area contributed by atoms with E-state index in [-0.39, 0.29) is 11.8 Å². The number of anilines is 1. The number of fused-ring (bicyclic) bond motifs is 2. The molecule has 2 aliphatic rings. The monoisotopic (exact) mass is 276 g/mol. The zero-order valence-electron chi connectivity index (χ0n) is 10.8. The molecule has 2 fully saturated rings. The maximum atomic E-state index is 12.5. The smallest absolute Gasteiger partial charge is 0.254 e. The molecule has 0 aromatic heterocycles. The Morgan fingerprint density at radius 2 is 2.26 bits per heavy atom. The molecule has 0 radical (unpaired) electrons. The van der Waals surface area contributed by atoms with E-state index in [0.717, 1.165) is 18.7 Å². The lowest BCUT2D eigenvalue weighted by Gasteiger charge is -2.26. The summed E-state index contributed by atoms with van der Waals surface area (Å²) in [5, 5.41) is 3.33. The van der Waals surface area contributed by atoms with Gasteiger partial charge in [0.1, 0.15) is 0 Å². The zero-order valence-corrected chi connectivity index (χ0v) is 11.6. The standard InChI is InChI=1S/C14H16N2O2S/c1-9(17)15-11-4-2-3-10(5-11)14(18)16-7-13-6-12(16)8-19-13/h2-5,12-13H,6-8H2,1H3,(H,15,17). The Kier molecular flexibility index (Phi) is 3.22. The molecule has 100 valence electrons. The van der Waals surface area contributed by atoms with Crippen LogP contribution in [0.5, 0.6) is 0 Å². The number of likely N-dealkylation sites (tertiary alicyclic amines) is 1. The number of thioether (sulfide) groups is 1. The summed E-state index contributed by atoms with van der Waals surface area (Å²) in [5.41, 5.74) is 1.33. The Hall–Kier alpha value is -1.49. The van der Waals surface area contributed by atoms with Crippen molar-refractivity contribution in [3.63, 3.8) is 0 Å². The predicted octanol–water partition coefficient (Wildman–Crippen LogP) is 1.97. The molecule has 2 unspecified atom stereocenters. The largest absolute Gasteiger partial charge is 0.334 e. The van der Waals surface area contributed by atoms with Gasteiger partial charge in [-0.2, -0.15) is 11.8 Å². The van der Waals surface area contributed by atoms with Crippen molar-refractivity contribution < 1.29 is 9.59 Å². The first kappa shape index (κ1) is 12.5. The first-order chi connectivity index (χ1) is 9.13. The van der Waals surface area contributed by atoms with Crippen molar-refractivity contribution in [2.45, 2.75) is 24.6 Å². The van der Waals surface area contributed by atoms with Gasteiger partial charge in [-0.3, -0.25) is 9.59 Å². The molecule has 2 atom stereocenters. The number of nitrogens with zero attached hydrogens (tertiary/aromatic N) is 1. The van der Waals surface area contributed by atoms with Crippen molar-refractivity contribution in [3.8, 4) is 0 Å². The minimum atomic E-state index is -0.124. The third kappa shape index (κ3) is 2.47. The lowest BCUT2D eigenvalue weighted by Crippen LogP contribution is -2.39. The van der Waals surface area contributed by atoms with Gasteiger partial charge in [-0.05, 0) is 24.6 Å². The fraction of sp³-hybridized carbons (Fsp3) is 0.429. The van der Waals surface area contributed by atoms with Crippen LogP contribution in [0.1, 0.15) is 23.7 Å².